The van der Waals surface area contributed by atoms with Crippen molar-refractivity contribution in [2.24, 2.45) is 0 Å². The van der Waals surface area contributed by atoms with Gasteiger partial charge in [-0.15, -0.1) is 0 Å². The summed E-state index contributed by atoms with van der Waals surface area (Å²) in [5.41, 5.74) is 0. The van der Waals surface area contributed by atoms with E-state index in [1.54, 1.807) is 0 Å². The second-order valence-corrected chi connectivity index (χ2v) is 15.0. The molecule has 0 aliphatic carbocycles. The van der Waals surface area contributed by atoms with Crippen molar-refractivity contribution in [1.82, 2.24) is 0 Å². The smallest absolute Gasteiger partial charge is 0.457 e. The predicted molar refractivity (Wildman–Crippen MR) is 210 cm³/mol. The van der Waals surface area contributed by atoms with E-state index in [0.717, 1.165) is 83.5 Å². The van der Waals surface area contributed by atoms with Crippen molar-refractivity contribution in [3.05, 3.63) is 72.9 Å². The third kappa shape index (κ3) is 37.2. The number of rotatable bonds is 34. The molecular formula is C41H73NO7P+. The summed E-state index contributed by atoms with van der Waals surface area (Å²) in [7, 11) is 1.61. The highest BCUT2D eigenvalue weighted by Crippen LogP contribution is 2.43. The molecular weight excluding hydrogens is 649 g/mol. The van der Waals surface area contributed by atoms with Gasteiger partial charge in [-0.3, -0.25) is 13.8 Å². The summed E-state index contributed by atoms with van der Waals surface area (Å²) in [5, 5.41) is 0. The van der Waals surface area contributed by atoms with Gasteiger partial charge in [-0.25, -0.2) is 4.57 Å². The Morgan fingerprint density at radius 2 is 1.16 bits per heavy atom. The number of quaternary nitrogens is 1. The minimum atomic E-state index is -4.29. The van der Waals surface area contributed by atoms with Gasteiger partial charge >= 0.3 is 13.8 Å². The number of likely N-dealkylation sites (N-methyl/N-ethyl adjacent to an activating group) is 1. The summed E-state index contributed by atoms with van der Waals surface area (Å²) in [5.74, 6) is -0.351. The van der Waals surface area contributed by atoms with E-state index in [9.17, 15) is 14.3 Å². The topological polar surface area (TPSA) is 91.3 Å². The fourth-order valence-electron chi connectivity index (χ4n) is 4.51. The zero-order valence-electron chi connectivity index (χ0n) is 32.4. The van der Waals surface area contributed by atoms with Gasteiger partial charge in [-0.05, 0) is 70.6 Å². The first-order valence-corrected chi connectivity index (χ1v) is 20.7. The quantitative estimate of drug-likeness (QED) is 0.0232. The van der Waals surface area contributed by atoms with Gasteiger partial charge in [0.15, 0.2) is 0 Å². The summed E-state index contributed by atoms with van der Waals surface area (Å²) in [6.07, 6.45) is 42.3. The Labute approximate surface area is 306 Å². The molecule has 1 N–H and O–H groups in total. The van der Waals surface area contributed by atoms with E-state index in [4.69, 9.17) is 18.5 Å². The Morgan fingerprint density at radius 1 is 0.640 bits per heavy atom. The van der Waals surface area contributed by atoms with Gasteiger partial charge in [0.1, 0.15) is 19.3 Å². The van der Waals surface area contributed by atoms with Crippen molar-refractivity contribution in [2.75, 3.05) is 54.1 Å². The minimum Gasteiger partial charge on any atom is -0.457 e. The summed E-state index contributed by atoms with van der Waals surface area (Å²) < 4.78 is 34.7. The molecule has 0 bridgehead atoms. The molecule has 0 saturated heterocycles. The van der Waals surface area contributed by atoms with Crippen molar-refractivity contribution in [2.45, 2.75) is 129 Å². The van der Waals surface area contributed by atoms with Gasteiger partial charge in [0.25, 0.3) is 0 Å². The number of carbonyl (C=O) groups excluding carboxylic acids is 1. The van der Waals surface area contributed by atoms with Crippen LogP contribution in [0.5, 0.6) is 0 Å². The molecule has 2 unspecified atom stereocenters. The van der Waals surface area contributed by atoms with E-state index >= 15 is 0 Å². The van der Waals surface area contributed by atoms with Gasteiger partial charge in [0.2, 0.25) is 0 Å². The number of hydrogen-bond donors (Lipinski definition) is 1. The zero-order chi connectivity index (χ0) is 37.0. The number of phosphoric acid groups is 1. The largest absolute Gasteiger partial charge is 0.472 e. The Bertz CT molecular complexity index is 1030. The number of esters is 1. The molecule has 0 aromatic heterocycles. The maximum absolute atomic E-state index is 12.6. The number of unbranched alkanes of at least 4 members (excludes halogenated alkanes) is 8. The maximum Gasteiger partial charge on any atom is 0.472 e. The fraction of sp³-hybridized carbons (Fsp3) is 0.683. The molecule has 0 radical (unpaired) electrons. The van der Waals surface area contributed by atoms with E-state index in [1.165, 1.54) is 19.3 Å². The van der Waals surface area contributed by atoms with Crippen molar-refractivity contribution in [3.8, 4) is 0 Å². The van der Waals surface area contributed by atoms with Crippen LogP contribution in [0.4, 0.5) is 0 Å². The lowest BCUT2D eigenvalue weighted by Gasteiger charge is -2.24. The van der Waals surface area contributed by atoms with Crippen LogP contribution >= 0.6 is 7.82 Å². The predicted octanol–water partition coefficient (Wildman–Crippen LogP) is 10.8. The third-order valence-corrected chi connectivity index (χ3v) is 8.49. The standard InChI is InChI=1S/C41H72NO7P/c1-6-8-10-12-14-16-18-20-22-24-26-28-30-32-34-41(43)49-40(39-48-50(44,45)47-37-35-42(3,4)5)38-46-36-33-31-29-27-25-23-21-19-17-15-13-11-9-7-2/h9,11-12,14-15,17-18,20-21,23,27,29,40H,6-8,10,13,16,19,22,24-26,28,30-39H2,1-5H3/p+1/b11-9-,14-12-,17-15-,20-18-,23-21-,29-27-. The monoisotopic (exact) mass is 723 g/mol. The van der Waals surface area contributed by atoms with E-state index in [2.05, 4.69) is 86.8 Å². The lowest BCUT2D eigenvalue weighted by Crippen LogP contribution is -2.37. The molecule has 0 rings (SSSR count). The second-order valence-electron chi connectivity index (χ2n) is 13.6. The van der Waals surface area contributed by atoms with Gasteiger partial charge < -0.3 is 18.9 Å². The van der Waals surface area contributed by atoms with Crippen LogP contribution in [-0.2, 0) is 27.9 Å². The molecule has 2 atom stereocenters. The fourth-order valence-corrected chi connectivity index (χ4v) is 5.25. The Kier molecular flexibility index (Phi) is 32.6. The summed E-state index contributed by atoms with van der Waals surface area (Å²) >= 11 is 0. The van der Waals surface area contributed by atoms with Crippen molar-refractivity contribution < 1.29 is 37.3 Å². The van der Waals surface area contributed by atoms with Crippen LogP contribution in [0, 0.1) is 0 Å². The average molecular weight is 723 g/mol. The molecule has 8 nitrogen and oxygen atoms in total. The molecule has 0 heterocycles. The van der Waals surface area contributed by atoms with Crippen molar-refractivity contribution in [1.29, 1.82) is 0 Å². The molecule has 0 aliphatic rings. The lowest BCUT2D eigenvalue weighted by molar-refractivity contribution is -0.870. The highest BCUT2D eigenvalue weighted by molar-refractivity contribution is 7.47. The SMILES string of the molecule is CC/C=C\C/C=C\C/C=C\C/C=C\CCCOCC(COP(=O)(O)OCC[N+](C)(C)C)OC(=O)CCCCCCC/C=C\C/C=C\CCCC. The highest BCUT2D eigenvalue weighted by Gasteiger charge is 2.26. The van der Waals surface area contributed by atoms with Crippen LogP contribution in [0.3, 0.4) is 0 Å². The molecule has 0 spiro atoms. The Hall–Kier alpha value is -2.06. The molecule has 50 heavy (non-hydrogen) atoms. The molecule has 0 saturated carbocycles. The number of carbonyl (C=O) groups is 1. The van der Waals surface area contributed by atoms with E-state index in [0.29, 0.717) is 24.1 Å². The Morgan fingerprint density at radius 3 is 1.74 bits per heavy atom. The van der Waals surface area contributed by atoms with Crippen LogP contribution in [0.2, 0.25) is 0 Å². The number of allylic oxidation sites excluding steroid dienone is 12. The van der Waals surface area contributed by atoms with Crippen LogP contribution in [0.1, 0.15) is 123 Å². The highest BCUT2D eigenvalue weighted by atomic mass is 31.2. The average Bonchev–Trinajstić information content (AvgIpc) is 3.06. The number of ether oxygens (including phenoxy) is 2. The van der Waals surface area contributed by atoms with Gasteiger partial charge in [-0.2, -0.15) is 0 Å². The Balaban J connectivity index is 4.45. The van der Waals surface area contributed by atoms with E-state index < -0.39 is 13.9 Å². The van der Waals surface area contributed by atoms with E-state index in [1.807, 2.05) is 21.1 Å². The number of phosphoric ester groups is 1. The summed E-state index contributed by atoms with van der Waals surface area (Å²) in [4.78, 5) is 22.8. The molecule has 0 aliphatic heterocycles. The summed E-state index contributed by atoms with van der Waals surface area (Å²) in [6.45, 7) is 5.26. The van der Waals surface area contributed by atoms with Gasteiger partial charge in [-0.1, -0.05) is 119 Å². The van der Waals surface area contributed by atoms with Gasteiger partial charge in [0, 0.05) is 13.0 Å². The molecule has 0 aromatic carbocycles. The van der Waals surface area contributed by atoms with Crippen molar-refractivity contribution >= 4 is 13.8 Å². The zero-order valence-corrected chi connectivity index (χ0v) is 33.2. The molecule has 0 fully saturated rings. The number of nitrogens with zero attached hydrogens (tertiary/aromatic N) is 1. The minimum absolute atomic E-state index is 0.0717. The second kappa shape index (κ2) is 34.0. The van der Waals surface area contributed by atoms with Crippen LogP contribution < -0.4 is 0 Å². The van der Waals surface area contributed by atoms with Crippen LogP contribution in [-0.4, -0.2) is 75.6 Å². The normalized spacial score (nSPS) is 14.8. The van der Waals surface area contributed by atoms with Crippen LogP contribution in [0.25, 0.3) is 0 Å². The molecule has 288 valence electrons. The molecule has 9 heteroatoms. The van der Waals surface area contributed by atoms with Gasteiger partial charge in [0.05, 0.1) is 34.4 Å². The van der Waals surface area contributed by atoms with Crippen molar-refractivity contribution in [3.63, 3.8) is 0 Å². The lowest BCUT2D eigenvalue weighted by atomic mass is 10.1. The third-order valence-electron chi connectivity index (χ3n) is 7.50. The van der Waals surface area contributed by atoms with E-state index in [-0.39, 0.29) is 25.8 Å². The first-order valence-electron chi connectivity index (χ1n) is 19.2. The maximum atomic E-state index is 12.6. The molecule has 0 aromatic rings. The van der Waals surface area contributed by atoms with Crippen LogP contribution in [0.15, 0.2) is 72.9 Å². The molecule has 0 amide bonds. The number of hydrogen-bond acceptors (Lipinski definition) is 6. The first-order chi connectivity index (χ1) is 24.1. The summed E-state index contributed by atoms with van der Waals surface area (Å²) in [6, 6.07) is 0. The first kappa shape index (κ1) is 47.9.